The van der Waals surface area contributed by atoms with Crippen LogP contribution >= 0.6 is 34.5 Å². The van der Waals surface area contributed by atoms with Crippen LogP contribution < -0.4 is 9.46 Å². The summed E-state index contributed by atoms with van der Waals surface area (Å²) in [5, 5.41) is 10.8. The number of sulfonamides is 1. The number of benzene rings is 1. The predicted octanol–water partition coefficient (Wildman–Crippen LogP) is 3.77. The van der Waals surface area contributed by atoms with Gasteiger partial charge in [-0.1, -0.05) is 23.2 Å². The second-order valence-corrected chi connectivity index (χ2v) is 7.87. The van der Waals surface area contributed by atoms with E-state index in [-0.39, 0.29) is 30.7 Å². The summed E-state index contributed by atoms with van der Waals surface area (Å²) in [4.78, 5) is 9.94. The summed E-state index contributed by atoms with van der Waals surface area (Å²) in [5.74, 6) is 0.131. The van der Waals surface area contributed by atoms with Crippen LogP contribution in [0.1, 0.15) is 0 Å². The highest BCUT2D eigenvalue weighted by atomic mass is 35.5. The minimum atomic E-state index is -4.06. The smallest absolute Gasteiger partial charge is 0.271 e. The highest BCUT2D eigenvalue weighted by Crippen LogP contribution is 2.37. The fourth-order valence-corrected chi connectivity index (χ4v) is 4.81. The van der Waals surface area contributed by atoms with Crippen molar-refractivity contribution in [3.05, 3.63) is 43.1 Å². The van der Waals surface area contributed by atoms with Gasteiger partial charge in [0.25, 0.3) is 15.7 Å². The summed E-state index contributed by atoms with van der Waals surface area (Å²) in [6, 6.07) is 4.74. The first-order chi connectivity index (χ1) is 10.2. The van der Waals surface area contributed by atoms with Gasteiger partial charge in [-0.2, -0.15) is 0 Å². The SMILES string of the molecule is COc1ccc([N+](=O)[O-])cc1NS(=O)(=O)c1cc(Cl)sc1Cl. The molecule has 118 valence electrons. The van der Waals surface area contributed by atoms with E-state index in [9.17, 15) is 18.5 Å². The number of non-ortho nitro benzene ring substituents is 1. The lowest BCUT2D eigenvalue weighted by Crippen LogP contribution is -2.13. The van der Waals surface area contributed by atoms with Crippen LogP contribution in [0.25, 0.3) is 0 Å². The van der Waals surface area contributed by atoms with Crippen molar-refractivity contribution in [2.75, 3.05) is 11.8 Å². The van der Waals surface area contributed by atoms with Crippen LogP contribution in [0, 0.1) is 10.1 Å². The van der Waals surface area contributed by atoms with Gasteiger partial charge in [0.05, 0.1) is 22.1 Å². The number of nitrogens with zero attached hydrogens (tertiary/aromatic N) is 1. The molecule has 0 fully saturated rings. The van der Waals surface area contributed by atoms with Gasteiger partial charge in [-0.15, -0.1) is 11.3 Å². The Kier molecular flexibility index (Phi) is 4.81. The lowest BCUT2D eigenvalue weighted by Gasteiger charge is -2.11. The molecule has 0 bridgehead atoms. The molecule has 1 aromatic heterocycles. The number of ether oxygens (including phenoxy) is 1. The summed E-state index contributed by atoms with van der Waals surface area (Å²) in [7, 11) is -2.74. The van der Waals surface area contributed by atoms with E-state index in [1.165, 1.54) is 25.3 Å². The lowest BCUT2D eigenvalue weighted by atomic mass is 10.2. The average molecular weight is 383 g/mol. The molecule has 1 aromatic carbocycles. The highest BCUT2D eigenvalue weighted by Gasteiger charge is 2.23. The molecule has 2 rings (SSSR count). The maximum Gasteiger partial charge on any atom is 0.271 e. The standard InChI is InChI=1S/C11H8Cl2N2O5S2/c1-20-8-3-2-6(15(16)17)4-7(8)14-22(18,19)9-5-10(12)21-11(9)13/h2-5,14H,1H3. The normalized spacial score (nSPS) is 11.2. The monoisotopic (exact) mass is 382 g/mol. The zero-order valence-corrected chi connectivity index (χ0v) is 14.0. The first-order valence-corrected chi connectivity index (χ1v) is 8.60. The van der Waals surface area contributed by atoms with Gasteiger partial charge in [0.2, 0.25) is 0 Å². The van der Waals surface area contributed by atoms with Crippen molar-refractivity contribution >= 4 is 55.9 Å². The van der Waals surface area contributed by atoms with Crippen LogP contribution in [0.15, 0.2) is 29.2 Å². The van der Waals surface area contributed by atoms with Crippen molar-refractivity contribution in [3.63, 3.8) is 0 Å². The Labute approximate surface area is 139 Å². The molecule has 0 aliphatic carbocycles. The topological polar surface area (TPSA) is 98.5 Å². The van der Waals surface area contributed by atoms with Crippen LogP contribution in [-0.4, -0.2) is 20.5 Å². The van der Waals surface area contributed by atoms with Crippen molar-refractivity contribution in [2.24, 2.45) is 0 Å². The van der Waals surface area contributed by atoms with Crippen molar-refractivity contribution in [2.45, 2.75) is 4.90 Å². The maximum absolute atomic E-state index is 12.3. The van der Waals surface area contributed by atoms with Crippen LogP contribution in [-0.2, 0) is 10.0 Å². The van der Waals surface area contributed by atoms with Crippen LogP contribution in [0.2, 0.25) is 8.67 Å². The Bertz CT molecular complexity index is 835. The first-order valence-electron chi connectivity index (χ1n) is 5.54. The first kappa shape index (κ1) is 16.8. The molecule has 0 amide bonds. The molecular weight excluding hydrogens is 375 g/mol. The van der Waals surface area contributed by atoms with Gasteiger partial charge in [-0.3, -0.25) is 14.8 Å². The minimum absolute atomic E-state index is 0.0121. The number of nitro groups is 1. The number of halogens is 2. The van der Waals surface area contributed by atoms with E-state index in [1.54, 1.807) is 0 Å². The summed E-state index contributed by atoms with van der Waals surface area (Å²) >= 11 is 12.5. The van der Waals surface area contributed by atoms with Gasteiger partial charge in [0.1, 0.15) is 15.0 Å². The van der Waals surface area contributed by atoms with Gasteiger partial charge >= 0.3 is 0 Å². The van der Waals surface area contributed by atoms with Gasteiger partial charge in [-0.05, 0) is 12.1 Å². The number of anilines is 1. The van der Waals surface area contributed by atoms with Gasteiger partial charge in [0.15, 0.2) is 0 Å². The molecule has 0 aliphatic heterocycles. The Morgan fingerprint density at radius 2 is 2.00 bits per heavy atom. The molecule has 22 heavy (non-hydrogen) atoms. The second-order valence-electron chi connectivity index (χ2n) is 3.94. The van der Waals surface area contributed by atoms with E-state index >= 15 is 0 Å². The molecular formula is C11H8Cl2N2O5S2. The quantitative estimate of drug-likeness (QED) is 0.626. The molecule has 0 saturated heterocycles. The molecule has 0 unspecified atom stereocenters. The number of hydrogen-bond donors (Lipinski definition) is 1. The second kappa shape index (κ2) is 6.29. The molecule has 1 heterocycles. The third-order valence-electron chi connectivity index (χ3n) is 2.55. The molecule has 1 N–H and O–H groups in total. The Morgan fingerprint density at radius 3 is 2.50 bits per heavy atom. The minimum Gasteiger partial charge on any atom is -0.495 e. The third kappa shape index (κ3) is 3.43. The molecule has 0 spiro atoms. The van der Waals surface area contributed by atoms with E-state index in [1.807, 2.05) is 0 Å². The Morgan fingerprint density at radius 1 is 1.32 bits per heavy atom. The Hall–Kier alpha value is -1.55. The number of thiophene rings is 1. The highest BCUT2D eigenvalue weighted by molar-refractivity contribution is 7.93. The van der Waals surface area contributed by atoms with E-state index in [4.69, 9.17) is 27.9 Å². The Balaban J connectivity index is 2.47. The molecule has 7 nitrogen and oxygen atoms in total. The van der Waals surface area contributed by atoms with E-state index in [2.05, 4.69) is 4.72 Å². The third-order valence-corrected chi connectivity index (χ3v) is 5.67. The number of methoxy groups -OCH3 is 1. The maximum atomic E-state index is 12.3. The molecule has 2 aromatic rings. The summed E-state index contributed by atoms with van der Waals surface area (Å²) in [6.45, 7) is 0. The van der Waals surface area contributed by atoms with Crippen molar-refractivity contribution in [1.29, 1.82) is 0 Å². The van der Waals surface area contributed by atoms with E-state index in [0.717, 1.165) is 17.4 Å². The summed E-state index contributed by atoms with van der Waals surface area (Å²) < 4.78 is 32.0. The number of hydrogen-bond acceptors (Lipinski definition) is 6. The van der Waals surface area contributed by atoms with Crippen molar-refractivity contribution in [3.8, 4) is 5.75 Å². The summed E-state index contributed by atoms with van der Waals surface area (Å²) in [6.07, 6.45) is 0. The van der Waals surface area contributed by atoms with Crippen molar-refractivity contribution < 1.29 is 18.1 Å². The van der Waals surface area contributed by atoms with Gasteiger partial charge < -0.3 is 4.74 Å². The van der Waals surface area contributed by atoms with E-state index < -0.39 is 14.9 Å². The number of nitro benzene ring substituents is 1. The largest absolute Gasteiger partial charge is 0.495 e. The average Bonchev–Trinajstić information content (AvgIpc) is 2.78. The summed E-state index contributed by atoms with van der Waals surface area (Å²) in [5.41, 5.74) is -0.358. The lowest BCUT2D eigenvalue weighted by molar-refractivity contribution is -0.384. The molecule has 0 aliphatic rings. The zero-order valence-electron chi connectivity index (χ0n) is 10.9. The zero-order chi connectivity index (χ0) is 16.5. The van der Waals surface area contributed by atoms with Gasteiger partial charge in [-0.25, -0.2) is 8.42 Å². The number of nitrogens with one attached hydrogen (secondary N) is 1. The fourth-order valence-electron chi connectivity index (χ4n) is 1.60. The fraction of sp³-hybridized carbons (Fsp3) is 0.0909. The van der Waals surface area contributed by atoms with Crippen LogP contribution in [0.3, 0.4) is 0 Å². The molecule has 0 saturated carbocycles. The van der Waals surface area contributed by atoms with Crippen molar-refractivity contribution in [1.82, 2.24) is 0 Å². The van der Waals surface area contributed by atoms with Crippen LogP contribution in [0.5, 0.6) is 5.75 Å². The molecule has 11 heteroatoms. The number of rotatable bonds is 5. The van der Waals surface area contributed by atoms with Gasteiger partial charge in [0, 0.05) is 12.1 Å². The predicted molar refractivity (Wildman–Crippen MR) is 84.8 cm³/mol. The molecule has 0 atom stereocenters. The van der Waals surface area contributed by atoms with E-state index in [0.29, 0.717) is 0 Å². The van der Waals surface area contributed by atoms with Crippen LogP contribution in [0.4, 0.5) is 11.4 Å². The molecule has 0 radical (unpaired) electrons.